The normalized spacial score (nSPS) is 10.7. The second-order valence-corrected chi connectivity index (χ2v) is 5.03. The van der Waals surface area contributed by atoms with Crippen molar-refractivity contribution in [2.45, 2.75) is 13.8 Å². The van der Waals surface area contributed by atoms with Crippen molar-refractivity contribution in [1.82, 2.24) is 14.8 Å². The molecule has 2 rings (SSSR count). The zero-order chi connectivity index (χ0) is 13.4. The van der Waals surface area contributed by atoms with Crippen LogP contribution in [0.5, 0.6) is 5.88 Å². The highest BCUT2D eigenvalue weighted by atomic mass is 79.9. The third kappa shape index (κ3) is 2.30. The van der Waals surface area contributed by atoms with Gasteiger partial charge < -0.3 is 4.74 Å². The summed E-state index contributed by atoms with van der Waals surface area (Å²) in [6.45, 7) is 2.62. The third-order valence-corrected chi connectivity index (χ3v) is 3.08. The molecule has 8 heteroatoms. The number of hydrogen-bond donors (Lipinski definition) is 0. The van der Waals surface area contributed by atoms with Crippen LogP contribution in [0.3, 0.4) is 0 Å². The largest absolute Gasteiger partial charge is 0.405 e. The minimum atomic E-state index is -0.519. The summed E-state index contributed by atoms with van der Waals surface area (Å²) in [6, 6.07) is 1.68. The van der Waals surface area contributed by atoms with Gasteiger partial charge in [-0.25, -0.2) is 4.98 Å². The lowest BCUT2D eigenvalue weighted by atomic mass is 10.3. The maximum atomic E-state index is 11.5. The summed E-state index contributed by atoms with van der Waals surface area (Å²) < 4.78 is 7.09. The van der Waals surface area contributed by atoms with Gasteiger partial charge in [-0.05, 0) is 37.9 Å². The zero-order valence-electron chi connectivity index (χ0n) is 9.40. The Balaban J connectivity index is 2.82. The van der Waals surface area contributed by atoms with Crippen molar-refractivity contribution in [2.75, 3.05) is 0 Å². The van der Waals surface area contributed by atoms with Crippen molar-refractivity contribution in [3.05, 3.63) is 15.3 Å². The number of aromatic nitrogens is 3. The van der Waals surface area contributed by atoms with E-state index in [0.717, 1.165) is 4.68 Å². The second-order valence-electron chi connectivity index (χ2n) is 3.46. The number of carbonyl (C=O) groups excluding carboxylic acids is 2. The molecule has 0 aliphatic carbocycles. The van der Waals surface area contributed by atoms with Gasteiger partial charge in [0.25, 0.3) is 5.88 Å². The molecule has 0 aliphatic rings. The van der Waals surface area contributed by atoms with E-state index < -0.39 is 5.97 Å². The van der Waals surface area contributed by atoms with Crippen LogP contribution in [-0.2, 0) is 4.79 Å². The van der Waals surface area contributed by atoms with Crippen LogP contribution >= 0.6 is 31.9 Å². The number of halogens is 2. The number of pyridine rings is 1. The molecule has 0 aromatic carbocycles. The smallest absolute Gasteiger partial charge is 0.309 e. The van der Waals surface area contributed by atoms with Gasteiger partial charge in [-0.1, -0.05) is 0 Å². The van der Waals surface area contributed by atoms with E-state index in [1.807, 2.05) is 0 Å². The maximum absolute atomic E-state index is 11.5. The molecule has 2 heterocycles. The molecule has 0 atom stereocenters. The van der Waals surface area contributed by atoms with Gasteiger partial charge >= 0.3 is 5.97 Å². The quantitative estimate of drug-likeness (QED) is 0.564. The van der Waals surface area contributed by atoms with E-state index >= 15 is 0 Å². The lowest BCUT2D eigenvalue weighted by molar-refractivity contribution is -0.132. The fraction of sp³-hybridized carbons (Fsp3) is 0.200. The van der Waals surface area contributed by atoms with Gasteiger partial charge in [0.1, 0.15) is 14.7 Å². The fourth-order valence-corrected chi connectivity index (χ4v) is 2.32. The van der Waals surface area contributed by atoms with Crippen molar-refractivity contribution in [2.24, 2.45) is 0 Å². The number of nitrogens with zero attached hydrogens (tertiary/aromatic N) is 3. The highest BCUT2D eigenvalue weighted by molar-refractivity contribution is 9.11. The minimum absolute atomic E-state index is 0.0419. The molecule has 0 saturated heterocycles. The first kappa shape index (κ1) is 13.2. The van der Waals surface area contributed by atoms with Crippen LogP contribution in [0, 0.1) is 0 Å². The number of rotatable bonds is 1. The Morgan fingerprint density at radius 3 is 2.56 bits per heavy atom. The average molecular weight is 377 g/mol. The zero-order valence-corrected chi connectivity index (χ0v) is 12.6. The summed E-state index contributed by atoms with van der Waals surface area (Å²) in [6.07, 6.45) is 0. The first-order chi connectivity index (χ1) is 8.40. The van der Waals surface area contributed by atoms with E-state index in [1.165, 1.54) is 13.8 Å². The van der Waals surface area contributed by atoms with Crippen LogP contribution in [0.15, 0.2) is 15.3 Å². The number of ether oxygens (including phenoxy) is 1. The van der Waals surface area contributed by atoms with Crippen LogP contribution < -0.4 is 4.74 Å². The van der Waals surface area contributed by atoms with Crippen LogP contribution in [0.25, 0.3) is 10.9 Å². The number of fused-ring (bicyclic) bond motifs is 1. The summed E-state index contributed by atoms with van der Waals surface area (Å²) in [5.41, 5.74) is 0.354. The summed E-state index contributed by atoms with van der Waals surface area (Å²) in [4.78, 5) is 26.6. The monoisotopic (exact) mass is 375 g/mol. The minimum Gasteiger partial charge on any atom is -0.405 e. The predicted molar refractivity (Wildman–Crippen MR) is 70.5 cm³/mol. The van der Waals surface area contributed by atoms with Gasteiger partial charge in [-0.15, -0.1) is 0 Å². The Bertz CT molecular complexity index is 666. The molecule has 0 fully saturated rings. The van der Waals surface area contributed by atoms with Crippen molar-refractivity contribution in [3.8, 4) is 5.88 Å². The van der Waals surface area contributed by atoms with Crippen molar-refractivity contribution in [3.63, 3.8) is 0 Å². The van der Waals surface area contributed by atoms with Gasteiger partial charge in [0.05, 0.1) is 0 Å². The summed E-state index contributed by atoms with van der Waals surface area (Å²) in [5, 5.41) is 4.66. The van der Waals surface area contributed by atoms with Crippen LogP contribution in [-0.4, -0.2) is 26.6 Å². The van der Waals surface area contributed by atoms with Crippen molar-refractivity contribution < 1.29 is 14.3 Å². The number of hydrogen-bond acceptors (Lipinski definition) is 5. The molecular weight excluding hydrogens is 370 g/mol. The lowest BCUT2D eigenvalue weighted by Gasteiger charge is -2.04. The van der Waals surface area contributed by atoms with Gasteiger partial charge in [0, 0.05) is 19.2 Å². The van der Waals surface area contributed by atoms with Crippen LogP contribution in [0.4, 0.5) is 0 Å². The highest BCUT2D eigenvalue weighted by Gasteiger charge is 2.19. The Morgan fingerprint density at radius 2 is 2.00 bits per heavy atom. The van der Waals surface area contributed by atoms with E-state index in [2.05, 4.69) is 41.9 Å². The van der Waals surface area contributed by atoms with Gasteiger partial charge in [0.15, 0.2) is 0 Å². The lowest BCUT2D eigenvalue weighted by Crippen LogP contribution is -2.10. The molecule has 0 aliphatic heterocycles. The van der Waals surface area contributed by atoms with Crippen LogP contribution in [0.1, 0.15) is 18.6 Å². The Hall–Kier alpha value is -1.28. The predicted octanol–water partition coefficient (Wildman–Crippen LogP) is 2.54. The third-order valence-electron chi connectivity index (χ3n) is 2.09. The van der Waals surface area contributed by atoms with E-state index in [1.54, 1.807) is 6.07 Å². The molecule has 6 nitrogen and oxygen atoms in total. The van der Waals surface area contributed by atoms with E-state index in [9.17, 15) is 9.59 Å². The number of carbonyl (C=O) groups is 2. The molecule has 18 heavy (non-hydrogen) atoms. The Kier molecular flexibility index (Phi) is 3.49. The second kappa shape index (κ2) is 4.77. The summed E-state index contributed by atoms with van der Waals surface area (Å²) in [7, 11) is 0. The first-order valence-electron chi connectivity index (χ1n) is 4.84. The molecule has 0 bridgehead atoms. The molecule has 2 aromatic rings. The van der Waals surface area contributed by atoms with Gasteiger partial charge in [-0.2, -0.15) is 9.78 Å². The van der Waals surface area contributed by atoms with E-state index in [0.29, 0.717) is 20.1 Å². The molecule has 0 radical (unpaired) electrons. The van der Waals surface area contributed by atoms with E-state index in [4.69, 9.17) is 4.74 Å². The fourth-order valence-electron chi connectivity index (χ4n) is 1.47. The summed E-state index contributed by atoms with van der Waals surface area (Å²) in [5.74, 6) is -0.780. The van der Waals surface area contributed by atoms with Gasteiger partial charge in [0.2, 0.25) is 5.91 Å². The molecule has 94 valence electrons. The van der Waals surface area contributed by atoms with Gasteiger partial charge in [-0.3, -0.25) is 9.59 Å². The highest BCUT2D eigenvalue weighted by Crippen LogP contribution is 2.32. The molecule has 0 spiro atoms. The Morgan fingerprint density at radius 1 is 1.33 bits per heavy atom. The van der Waals surface area contributed by atoms with E-state index in [-0.39, 0.29) is 11.8 Å². The molecule has 0 saturated carbocycles. The topological polar surface area (TPSA) is 74.1 Å². The molecule has 0 N–H and O–H groups in total. The molecule has 2 aromatic heterocycles. The van der Waals surface area contributed by atoms with Crippen LogP contribution in [0.2, 0.25) is 0 Å². The standard InChI is InChI=1S/C10H7Br2N3O3/c1-4(16)15-8-6(9(12)14-15)3-7(11)13-10(8)18-5(2)17/h3H,1-2H3. The Labute approximate surface area is 119 Å². The van der Waals surface area contributed by atoms with Crippen molar-refractivity contribution >= 4 is 54.6 Å². The number of esters is 1. The molecule has 0 amide bonds. The SMILES string of the molecule is CC(=O)Oc1nc(Br)cc2c(Br)nn(C(C)=O)c12. The molecule has 0 unspecified atom stereocenters. The average Bonchev–Trinajstić information content (AvgIpc) is 2.55. The first-order valence-corrected chi connectivity index (χ1v) is 6.43. The summed E-state index contributed by atoms with van der Waals surface area (Å²) >= 11 is 6.46. The van der Waals surface area contributed by atoms with Crippen molar-refractivity contribution in [1.29, 1.82) is 0 Å². The maximum Gasteiger partial charge on any atom is 0.309 e. The molecular formula is C10H7Br2N3O3.